The predicted molar refractivity (Wildman–Crippen MR) is 243 cm³/mol. The summed E-state index contributed by atoms with van der Waals surface area (Å²) < 4.78 is 52.2. The van der Waals surface area contributed by atoms with Gasteiger partial charge in [-0.1, -0.05) is 115 Å². The Morgan fingerprint density at radius 1 is 0.818 bits per heavy atom. The molecule has 2 aliphatic rings. The molecule has 2 rings (SSSR count). The predicted octanol–water partition coefficient (Wildman–Crippen LogP) is 5.33. The molecule has 1 aliphatic carbocycles. The van der Waals surface area contributed by atoms with Crippen molar-refractivity contribution < 1.29 is 92.2 Å². The lowest BCUT2D eigenvalue weighted by atomic mass is 9.82. The van der Waals surface area contributed by atoms with Crippen LogP contribution in [-0.2, 0) is 41.8 Å². The molecular formula is C45H82O19P2. The van der Waals surface area contributed by atoms with Gasteiger partial charge >= 0.3 is 27.6 Å². The Labute approximate surface area is 390 Å². The Balaban J connectivity index is 2.35. The van der Waals surface area contributed by atoms with Crippen LogP contribution in [0.1, 0.15) is 162 Å². The van der Waals surface area contributed by atoms with Gasteiger partial charge in [-0.15, -0.1) is 0 Å². The maximum absolute atomic E-state index is 13.7. The summed E-state index contributed by atoms with van der Waals surface area (Å²) in [4.78, 5) is 56.6. The fourth-order valence-corrected chi connectivity index (χ4v) is 9.76. The summed E-state index contributed by atoms with van der Waals surface area (Å²) in [6, 6.07) is 0. The Bertz CT molecular complexity index is 1490. The first-order valence-electron chi connectivity index (χ1n) is 24.1. The highest BCUT2D eigenvalue weighted by atomic mass is 31.2. The van der Waals surface area contributed by atoms with Gasteiger partial charge in [-0.05, 0) is 51.4 Å². The Hall–Kier alpha value is -1.64. The van der Waals surface area contributed by atoms with Crippen LogP contribution in [0.15, 0.2) is 24.3 Å². The minimum absolute atomic E-state index is 0.0254. The number of aliphatic hydroxyl groups is 7. The number of esters is 2. The SMILES string of the molecule is CCCCCC/C=C\CCCCCCCC(=O)OC[C@@H]1COP(=O)(O)O[C@H]2[C@H](O)[C@@H](O)[C@H](O)[C@@H](CCCCCCC(=O)O1)[C@@H](O)C[C@@H](O)[C@H](C=C[C@@H](O)CCCCC)[C@@H](O)[C@H]2OP(=O)(O)O. The van der Waals surface area contributed by atoms with Crippen LogP contribution in [0.25, 0.3) is 0 Å². The Morgan fingerprint density at radius 3 is 2.11 bits per heavy atom. The fourth-order valence-electron chi connectivity index (χ4n) is 8.23. The molecule has 0 aromatic heterocycles. The Kier molecular flexibility index (Phi) is 30.3. The highest BCUT2D eigenvalue weighted by Gasteiger charge is 2.51. The van der Waals surface area contributed by atoms with Crippen LogP contribution < -0.4 is 0 Å². The second-order valence-electron chi connectivity index (χ2n) is 17.8. The number of hydrogen-bond donors (Lipinski definition) is 10. The van der Waals surface area contributed by atoms with E-state index in [1.165, 1.54) is 31.8 Å². The first kappa shape index (κ1) is 60.5. The van der Waals surface area contributed by atoms with Gasteiger partial charge in [-0.2, -0.15) is 0 Å². The van der Waals surface area contributed by atoms with Gasteiger partial charge in [0.15, 0.2) is 6.10 Å². The quantitative estimate of drug-likeness (QED) is 0.0268. The molecule has 386 valence electrons. The maximum atomic E-state index is 13.7. The topological polar surface area (TPSA) is 317 Å². The molecule has 10 N–H and O–H groups in total. The van der Waals surface area contributed by atoms with E-state index in [1.807, 2.05) is 6.92 Å². The van der Waals surface area contributed by atoms with E-state index in [-0.39, 0.29) is 25.7 Å². The minimum Gasteiger partial charge on any atom is -0.462 e. The van der Waals surface area contributed by atoms with E-state index in [0.29, 0.717) is 38.5 Å². The summed E-state index contributed by atoms with van der Waals surface area (Å²) in [5.74, 6) is -4.36. The summed E-state index contributed by atoms with van der Waals surface area (Å²) in [6.07, 6.45) is 0.648. The van der Waals surface area contributed by atoms with Crippen molar-refractivity contribution in [3.8, 4) is 0 Å². The van der Waals surface area contributed by atoms with Gasteiger partial charge in [0.25, 0.3) is 0 Å². The van der Waals surface area contributed by atoms with Gasteiger partial charge in [0.2, 0.25) is 0 Å². The number of carbonyl (C=O) groups is 2. The second-order valence-corrected chi connectivity index (χ2v) is 20.4. The number of unbranched alkanes of at least 4 members (excludes halogenated alkanes) is 11. The van der Waals surface area contributed by atoms with Crippen molar-refractivity contribution in [1.82, 2.24) is 0 Å². The number of rotatable bonds is 23. The van der Waals surface area contributed by atoms with Crippen molar-refractivity contribution in [2.24, 2.45) is 11.8 Å². The highest BCUT2D eigenvalue weighted by Crippen LogP contribution is 2.50. The monoisotopic (exact) mass is 988 g/mol. The number of cyclic esters (lactones) is 1. The summed E-state index contributed by atoms with van der Waals surface area (Å²) >= 11 is 0. The van der Waals surface area contributed by atoms with Gasteiger partial charge in [0.05, 0.1) is 37.1 Å². The molecule has 19 nitrogen and oxygen atoms in total. The van der Waals surface area contributed by atoms with Gasteiger partial charge in [-0.3, -0.25) is 23.2 Å². The van der Waals surface area contributed by atoms with Gasteiger partial charge in [0.1, 0.15) is 31.0 Å². The van der Waals surface area contributed by atoms with E-state index in [1.54, 1.807) is 0 Å². The van der Waals surface area contributed by atoms with E-state index < -0.39 is 120 Å². The second kappa shape index (κ2) is 33.0. The molecule has 0 amide bonds. The molecule has 1 saturated heterocycles. The third-order valence-electron chi connectivity index (χ3n) is 12.1. The molecule has 1 saturated carbocycles. The molecule has 0 radical (unpaired) electrons. The number of phosphoric ester groups is 2. The van der Waals surface area contributed by atoms with Crippen LogP contribution in [0.3, 0.4) is 0 Å². The van der Waals surface area contributed by atoms with Crippen molar-refractivity contribution in [3.05, 3.63) is 24.3 Å². The first-order chi connectivity index (χ1) is 31.3. The average Bonchev–Trinajstić information content (AvgIpc) is 3.25. The molecular weight excluding hydrogens is 906 g/mol. The highest BCUT2D eigenvalue weighted by molar-refractivity contribution is 7.47. The largest absolute Gasteiger partial charge is 0.472 e. The zero-order chi connectivity index (χ0) is 49.1. The van der Waals surface area contributed by atoms with Crippen molar-refractivity contribution in [3.63, 3.8) is 0 Å². The molecule has 1 heterocycles. The third-order valence-corrected chi connectivity index (χ3v) is 13.6. The summed E-state index contributed by atoms with van der Waals surface area (Å²) in [5.41, 5.74) is 0. The fraction of sp³-hybridized carbons (Fsp3) is 0.867. The molecule has 1 unspecified atom stereocenters. The molecule has 13 atom stereocenters. The number of aliphatic hydroxyl groups excluding tert-OH is 7. The van der Waals surface area contributed by atoms with Crippen LogP contribution in [0.5, 0.6) is 0 Å². The molecule has 2 fully saturated rings. The number of hydrogen-bond acceptors (Lipinski definition) is 16. The lowest BCUT2D eigenvalue weighted by Gasteiger charge is -2.39. The summed E-state index contributed by atoms with van der Waals surface area (Å²) in [7, 11) is -11.4. The molecule has 0 aromatic carbocycles. The summed E-state index contributed by atoms with van der Waals surface area (Å²) in [6.45, 7) is 2.58. The van der Waals surface area contributed by atoms with E-state index in [4.69, 9.17) is 23.0 Å². The first-order valence-corrected chi connectivity index (χ1v) is 27.2. The normalized spacial score (nSPS) is 32.2. The number of phosphoric acid groups is 2. The van der Waals surface area contributed by atoms with E-state index >= 15 is 0 Å². The molecule has 21 heteroatoms. The Morgan fingerprint density at radius 2 is 1.44 bits per heavy atom. The zero-order valence-electron chi connectivity index (χ0n) is 39.0. The number of carbonyl (C=O) groups excluding carboxylic acids is 2. The van der Waals surface area contributed by atoms with Crippen molar-refractivity contribution in [1.29, 1.82) is 0 Å². The zero-order valence-corrected chi connectivity index (χ0v) is 40.7. The van der Waals surface area contributed by atoms with E-state index in [9.17, 15) is 69.1 Å². The van der Waals surface area contributed by atoms with Gasteiger partial charge in [-0.25, -0.2) is 9.13 Å². The molecule has 0 aromatic rings. The average molecular weight is 989 g/mol. The van der Waals surface area contributed by atoms with Crippen LogP contribution in [0, 0.1) is 11.8 Å². The van der Waals surface area contributed by atoms with E-state index in [0.717, 1.165) is 57.4 Å². The maximum Gasteiger partial charge on any atom is 0.472 e. The number of fused-ring (bicyclic) bond motifs is 4. The standard InChI is InChI=1S/C45H82O19P2/c1-3-5-7-8-9-10-11-12-13-14-15-16-21-25-38(49)60-30-33-31-61-66(58,59)64-45-43(54)42(53)40(51)34(24-20-17-18-22-26-39(50)62-33)36(47)29-37(48)35(28-27-32(46)23-19-6-4-2)41(52)44(45)63-65(55,56)57/h10-11,27-28,32-37,40-48,51-54H,3-9,12-26,29-31H2,1-2H3,(H,58,59)(H2,55,56,57)/b11-10-,28-27?/t32-,33+,34-,35-,36-,37+,40+,41+,42-,43+,44+,45-/m0/s1. The van der Waals surface area contributed by atoms with Crippen LogP contribution in [-0.4, -0.2) is 137 Å². The van der Waals surface area contributed by atoms with Crippen molar-refractivity contribution >= 4 is 27.6 Å². The molecule has 66 heavy (non-hydrogen) atoms. The smallest absolute Gasteiger partial charge is 0.462 e. The van der Waals surface area contributed by atoms with Crippen molar-refractivity contribution in [2.75, 3.05) is 13.2 Å². The van der Waals surface area contributed by atoms with Crippen LogP contribution in [0.2, 0.25) is 0 Å². The third kappa shape index (κ3) is 24.8. The summed E-state index contributed by atoms with van der Waals surface area (Å²) in [5, 5.41) is 79.7. The molecule has 0 spiro atoms. The van der Waals surface area contributed by atoms with Gasteiger partial charge in [0, 0.05) is 31.1 Å². The van der Waals surface area contributed by atoms with E-state index in [2.05, 4.69) is 19.1 Å². The van der Waals surface area contributed by atoms with Gasteiger partial charge < -0.3 is 59.9 Å². The number of ether oxygens (including phenoxy) is 2. The number of allylic oxidation sites excluding steroid dienone is 2. The van der Waals surface area contributed by atoms with Crippen LogP contribution in [0.4, 0.5) is 0 Å². The molecule has 1 aliphatic heterocycles. The lowest BCUT2D eigenvalue weighted by Crippen LogP contribution is -2.56. The van der Waals surface area contributed by atoms with Crippen molar-refractivity contribution in [2.45, 2.75) is 223 Å². The van der Waals surface area contributed by atoms with Crippen LogP contribution >= 0.6 is 15.6 Å². The lowest BCUT2D eigenvalue weighted by molar-refractivity contribution is -0.166. The minimum atomic E-state index is -5.75. The molecule has 2 bridgehead atoms.